The maximum absolute atomic E-state index is 13.5. The molecule has 1 aromatic carbocycles. The second-order valence-electron chi connectivity index (χ2n) is 3.55. The molecule has 0 spiro atoms. The van der Waals surface area contributed by atoms with Gasteiger partial charge >= 0.3 is 0 Å². The summed E-state index contributed by atoms with van der Waals surface area (Å²) in [6.45, 7) is 3.79. The molecule has 1 rings (SSSR count). The molecule has 0 saturated heterocycles. The lowest BCUT2D eigenvalue weighted by atomic mass is 10.2. The smallest absolute Gasteiger partial charge is 0.142 e. The molecule has 0 aliphatic heterocycles. The van der Waals surface area contributed by atoms with Crippen LogP contribution in [0.15, 0.2) is 18.2 Å². The van der Waals surface area contributed by atoms with Crippen molar-refractivity contribution < 1.29 is 9.13 Å². The Morgan fingerprint density at radius 2 is 2.19 bits per heavy atom. The zero-order chi connectivity index (χ0) is 12.0. The minimum atomic E-state index is -0.361. The van der Waals surface area contributed by atoms with E-state index in [4.69, 9.17) is 16.3 Å². The van der Waals surface area contributed by atoms with Crippen LogP contribution < -0.4 is 4.74 Å². The fourth-order valence-electron chi connectivity index (χ4n) is 1.15. The van der Waals surface area contributed by atoms with Gasteiger partial charge in [-0.05, 0) is 26.0 Å². The zero-order valence-corrected chi connectivity index (χ0v) is 10.1. The van der Waals surface area contributed by atoms with Gasteiger partial charge in [0, 0.05) is 18.4 Å². The summed E-state index contributed by atoms with van der Waals surface area (Å²) in [6, 6.07) is 4.69. The number of rotatable bonds is 3. The van der Waals surface area contributed by atoms with E-state index in [1.165, 1.54) is 6.07 Å². The van der Waals surface area contributed by atoms with Crippen molar-refractivity contribution in [3.8, 4) is 17.6 Å². The molecule has 0 aliphatic rings. The van der Waals surface area contributed by atoms with Gasteiger partial charge in [0.15, 0.2) is 0 Å². The van der Waals surface area contributed by atoms with Crippen LogP contribution in [-0.4, -0.2) is 12.0 Å². The Morgan fingerprint density at radius 1 is 1.44 bits per heavy atom. The zero-order valence-electron chi connectivity index (χ0n) is 9.39. The SMILES string of the molecule is CC(C)Oc1ccc(C#CCCCl)c(F)c1. The molecule has 1 nitrogen and oxygen atoms in total. The van der Waals surface area contributed by atoms with Crippen LogP contribution in [0.5, 0.6) is 5.75 Å². The molecule has 0 unspecified atom stereocenters. The summed E-state index contributed by atoms with van der Waals surface area (Å²) in [5, 5.41) is 0. The van der Waals surface area contributed by atoms with Crippen molar-refractivity contribution in [3.05, 3.63) is 29.6 Å². The van der Waals surface area contributed by atoms with Gasteiger partial charge in [-0.2, -0.15) is 0 Å². The Bertz CT molecular complexity index is 404. The molecule has 0 radical (unpaired) electrons. The highest BCUT2D eigenvalue weighted by Gasteiger charge is 2.03. The van der Waals surface area contributed by atoms with Gasteiger partial charge in [-0.25, -0.2) is 4.39 Å². The number of halogens is 2. The van der Waals surface area contributed by atoms with E-state index in [1.807, 2.05) is 13.8 Å². The minimum absolute atomic E-state index is 0.0348. The molecule has 0 bridgehead atoms. The first-order valence-corrected chi connectivity index (χ1v) is 5.68. The largest absolute Gasteiger partial charge is 0.491 e. The molecule has 1 aromatic rings. The molecule has 0 amide bonds. The van der Waals surface area contributed by atoms with Crippen LogP contribution in [0.25, 0.3) is 0 Å². The van der Waals surface area contributed by atoms with Crippen LogP contribution in [0, 0.1) is 17.7 Å². The van der Waals surface area contributed by atoms with Gasteiger partial charge in [0.05, 0.1) is 11.7 Å². The van der Waals surface area contributed by atoms with E-state index in [-0.39, 0.29) is 11.9 Å². The predicted octanol–water partition coefficient (Wildman–Crippen LogP) is 3.59. The van der Waals surface area contributed by atoms with Gasteiger partial charge in [-0.3, -0.25) is 0 Å². The van der Waals surface area contributed by atoms with Gasteiger partial charge in [-0.1, -0.05) is 11.8 Å². The molecule has 0 heterocycles. The molecule has 0 aromatic heterocycles. The minimum Gasteiger partial charge on any atom is -0.491 e. The number of alkyl halides is 1. The van der Waals surface area contributed by atoms with Crippen molar-refractivity contribution in [1.82, 2.24) is 0 Å². The third-order valence-electron chi connectivity index (χ3n) is 1.75. The fourth-order valence-corrected chi connectivity index (χ4v) is 1.24. The molecule has 0 fully saturated rings. The van der Waals surface area contributed by atoms with E-state index in [1.54, 1.807) is 12.1 Å². The quantitative estimate of drug-likeness (QED) is 0.580. The summed E-state index contributed by atoms with van der Waals surface area (Å²) in [6.07, 6.45) is 0.596. The molecule has 3 heteroatoms. The highest BCUT2D eigenvalue weighted by atomic mass is 35.5. The van der Waals surface area contributed by atoms with E-state index in [0.717, 1.165) is 0 Å². The van der Waals surface area contributed by atoms with Gasteiger partial charge in [0.25, 0.3) is 0 Å². The highest BCUT2D eigenvalue weighted by molar-refractivity contribution is 6.18. The lowest BCUT2D eigenvalue weighted by molar-refractivity contribution is 0.241. The van der Waals surface area contributed by atoms with Crippen LogP contribution in [0.2, 0.25) is 0 Å². The average molecular weight is 241 g/mol. The van der Waals surface area contributed by atoms with E-state index in [9.17, 15) is 4.39 Å². The van der Waals surface area contributed by atoms with Gasteiger partial charge in [0.2, 0.25) is 0 Å². The lowest BCUT2D eigenvalue weighted by Crippen LogP contribution is -2.05. The summed E-state index contributed by atoms with van der Waals surface area (Å²) in [5.74, 6) is 6.14. The highest BCUT2D eigenvalue weighted by Crippen LogP contribution is 2.17. The van der Waals surface area contributed by atoms with Crippen LogP contribution in [-0.2, 0) is 0 Å². The first-order chi connectivity index (χ1) is 7.63. The summed E-state index contributed by atoms with van der Waals surface area (Å²) in [4.78, 5) is 0. The van der Waals surface area contributed by atoms with Crippen LogP contribution in [0.4, 0.5) is 4.39 Å². The van der Waals surface area contributed by atoms with Crippen molar-refractivity contribution in [2.45, 2.75) is 26.4 Å². The second kappa shape index (κ2) is 6.40. The van der Waals surface area contributed by atoms with E-state index in [2.05, 4.69) is 11.8 Å². The van der Waals surface area contributed by atoms with Crippen LogP contribution >= 0.6 is 11.6 Å². The molecule has 0 aliphatic carbocycles. The monoisotopic (exact) mass is 240 g/mol. The Kier molecular flexibility index (Phi) is 5.14. The normalized spacial score (nSPS) is 9.81. The molecular weight excluding hydrogens is 227 g/mol. The molecular formula is C13H14ClFO. The summed E-state index contributed by atoms with van der Waals surface area (Å²) >= 11 is 5.47. The summed E-state index contributed by atoms with van der Waals surface area (Å²) in [7, 11) is 0. The molecule has 0 saturated carbocycles. The Morgan fingerprint density at radius 3 is 2.75 bits per heavy atom. The van der Waals surface area contributed by atoms with Crippen molar-refractivity contribution >= 4 is 11.6 Å². The van der Waals surface area contributed by atoms with E-state index in [0.29, 0.717) is 23.6 Å². The lowest BCUT2D eigenvalue weighted by Gasteiger charge is -2.09. The maximum atomic E-state index is 13.5. The topological polar surface area (TPSA) is 9.23 Å². The predicted molar refractivity (Wildman–Crippen MR) is 64.4 cm³/mol. The number of hydrogen-bond donors (Lipinski definition) is 0. The van der Waals surface area contributed by atoms with E-state index >= 15 is 0 Å². The van der Waals surface area contributed by atoms with E-state index < -0.39 is 0 Å². The summed E-state index contributed by atoms with van der Waals surface area (Å²) in [5.41, 5.74) is 0.376. The molecule has 16 heavy (non-hydrogen) atoms. The first kappa shape index (κ1) is 12.9. The standard InChI is InChI=1S/C13H14ClFO/c1-10(2)16-12-7-6-11(13(15)9-12)5-3-4-8-14/h6-7,9-10H,4,8H2,1-2H3. The average Bonchev–Trinajstić information content (AvgIpc) is 2.20. The maximum Gasteiger partial charge on any atom is 0.142 e. The van der Waals surface area contributed by atoms with Gasteiger partial charge < -0.3 is 4.74 Å². The number of benzene rings is 1. The first-order valence-electron chi connectivity index (χ1n) is 5.14. The van der Waals surface area contributed by atoms with Crippen molar-refractivity contribution in [2.24, 2.45) is 0 Å². The summed E-state index contributed by atoms with van der Waals surface area (Å²) < 4.78 is 18.9. The molecule has 86 valence electrons. The van der Waals surface area contributed by atoms with Crippen molar-refractivity contribution in [3.63, 3.8) is 0 Å². The Hall–Kier alpha value is -1.20. The van der Waals surface area contributed by atoms with Crippen LogP contribution in [0.1, 0.15) is 25.8 Å². The molecule has 0 atom stereocenters. The Balaban J connectivity index is 2.80. The number of ether oxygens (including phenoxy) is 1. The van der Waals surface area contributed by atoms with Crippen molar-refractivity contribution in [1.29, 1.82) is 0 Å². The Labute approximate surface area is 101 Å². The van der Waals surface area contributed by atoms with Gasteiger partial charge in [0.1, 0.15) is 11.6 Å². The van der Waals surface area contributed by atoms with Gasteiger partial charge in [-0.15, -0.1) is 11.6 Å². The number of hydrogen-bond acceptors (Lipinski definition) is 1. The third kappa shape index (κ3) is 4.12. The second-order valence-corrected chi connectivity index (χ2v) is 3.93. The molecule has 0 N–H and O–H groups in total. The fraction of sp³-hybridized carbons (Fsp3) is 0.385. The van der Waals surface area contributed by atoms with Crippen molar-refractivity contribution in [2.75, 3.05) is 5.88 Å². The van der Waals surface area contributed by atoms with Crippen LogP contribution in [0.3, 0.4) is 0 Å². The third-order valence-corrected chi connectivity index (χ3v) is 1.94.